The summed E-state index contributed by atoms with van der Waals surface area (Å²) in [6, 6.07) is 0.586. The van der Waals surface area contributed by atoms with Crippen molar-refractivity contribution in [3.8, 4) is 0 Å². The number of nitrogens with zero attached hydrogens (tertiary/aromatic N) is 4. The molecule has 0 atom stereocenters. The van der Waals surface area contributed by atoms with Gasteiger partial charge in [-0.15, -0.1) is 0 Å². The van der Waals surface area contributed by atoms with Crippen molar-refractivity contribution in [2.75, 3.05) is 32.1 Å². The van der Waals surface area contributed by atoms with E-state index in [1.54, 1.807) is 12.5 Å². The van der Waals surface area contributed by atoms with Crippen molar-refractivity contribution in [1.82, 2.24) is 14.9 Å². The van der Waals surface area contributed by atoms with Gasteiger partial charge >= 0.3 is 0 Å². The topological polar surface area (TPSA) is 32.3 Å². The lowest BCUT2D eigenvalue weighted by molar-refractivity contribution is 0.252. The molecule has 0 N–H and O–H groups in total. The van der Waals surface area contributed by atoms with Crippen molar-refractivity contribution in [2.24, 2.45) is 0 Å². The zero-order valence-electron chi connectivity index (χ0n) is 9.73. The van der Waals surface area contributed by atoms with E-state index in [-0.39, 0.29) is 0 Å². The van der Waals surface area contributed by atoms with Gasteiger partial charge < -0.3 is 9.80 Å². The van der Waals surface area contributed by atoms with Gasteiger partial charge in [0.1, 0.15) is 12.1 Å². The predicted molar refractivity (Wildman–Crippen MR) is 68.7 cm³/mol. The van der Waals surface area contributed by atoms with E-state index in [9.17, 15) is 0 Å². The van der Waals surface area contributed by atoms with Gasteiger partial charge in [-0.3, -0.25) is 0 Å². The summed E-state index contributed by atoms with van der Waals surface area (Å²) in [5, 5.41) is 0. The van der Waals surface area contributed by atoms with E-state index in [2.05, 4.69) is 49.8 Å². The van der Waals surface area contributed by atoms with Crippen LogP contribution in [0.25, 0.3) is 0 Å². The Kier molecular flexibility index (Phi) is 3.76. The maximum Gasteiger partial charge on any atom is 0.146 e. The lowest BCUT2D eigenvalue weighted by atomic mass is 10.0. The first-order valence-corrected chi connectivity index (χ1v) is 6.34. The third-order valence-electron chi connectivity index (χ3n) is 3.22. The third kappa shape index (κ3) is 2.52. The summed E-state index contributed by atoms with van der Waals surface area (Å²) < 4.78 is 0.969. The molecule has 88 valence electrons. The van der Waals surface area contributed by atoms with Crippen LogP contribution in [0.15, 0.2) is 17.0 Å². The van der Waals surface area contributed by atoms with Crippen LogP contribution in [-0.4, -0.2) is 48.1 Å². The monoisotopic (exact) mass is 284 g/mol. The molecule has 1 saturated heterocycles. The van der Waals surface area contributed by atoms with Gasteiger partial charge in [-0.2, -0.15) is 0 Å². The Morgan fingerprint density at radius 3 is 2.75 bits per heavy atom. The number of piperidine rings is 1. The van der Waals surface area contributed by atoms with Crippen molar-refractivity contribution in [2.45, 2.75) is 18.9 Å². The van der Waals surface area contributed by atoms with E-state index in [1.807, 2.05) is 0 Å². The van der Waals surface area contributed by atoms with Gasteiger partial charge in [-0.05, 0) is 48.9 Å². The van der Waals surface area contributed by atoms with Crippen LogP contribution in [0.3, 0.4) is 0 Å². The Balaban J connectivity index is 2.07. The highest BCUT2D eigenvalue weighted by Gasteiger charge is 2.22. The fraction of sp³-hybridized carbons (Fsp3) is 0.636. The van der Waals surface area contributed by atoms with E-state index >= 15 is 0 Å². The highest BCUT2D eigenvalue weighted by molar-refractivity contribution is 9.10. The number of halogens is 1. The van der Waals surface area contributed by atoms with Gasteiger partial charge in [0, 0.05) is 19.3 Å². The Bertz CT molecular complexity index is 350. The van der Waals surface area contributed by atoms with Gasteiger partial charge in [-0.25, -0.2) is 9.97 Å². The summed E-state index contributed by atoms with van der Waals surface area (Å²) >= 11 is 3.50. The fourth-order valence-corrected chi connectivity index (χ4v) is 2.62. The molecule has 1 aromatic heterocycles. The summed E-state index contributed by atoms with van der Waals surface area (Å²) in [6.07, 6.45) is 5.80. The molecule has 1 aliphatic rings. The minimum Gasteiger partial charge on any atom is -0.356 e. The van der Waals surface area contributed by atoms with E-state index in [0.29, 0.717) is 6.04 Å². The summed E-state index contributed by atoms with van der Waals surface area (Å²) in [5.74, 6) is 0.990. The van der Waals surface area contributed by atoms with Crippen LogP contribution < -0.4 is 4.90 Å². The molecule has 16 heavy (non-hydrogen) atoms. The zero-order chi connectivity index (χ0) is 11.5. The molecule has 0 amide bonds. The highest BCUT2D eigenvalue weighted by Crippen LogP contribution is 2.25. The van der Waals surface area contributed by atoms with Crippen LogP contribution in [0.4, 0.5) is 5.82 Å². The first-order valence-electron chi connectivity index (χ1n) is 5.55. The van der Waals surface area contributed by atoms with Crippen molar-refractivity contribution in [3.05, 3.63) is 17.0 Å². The number of likely N-dealkylation sites (tertiary alicyclic amines) is 1. The normalized spacial score (nSPS) is 18.7. The van der Waals surface area contributed by atoms with Crippen molar-refractivity contribution >= 4 is 21.7 Å². The van der Waals surface area contributed by atoms with Crippen LogP contribution in [0.5, 0.6) is 0 Å². The molecule has 0 aliphatic carbocycles. The van der Waals surface area contributed by atoms with E-state index in [1.165, 1.54) is 12.8 Å². The second-order valence-electron chi connectivity index (χ2n) is 4.34. The minimum atomic E-state index is 0.586. The Hall–Kier alpha value is -0.680. The van der Waals surface area contributed by atoms with Gasteiger partial charge in [0.2, 0.25) is 0 Å². The molecule has 0 saturated carbocycles. The van der Waals surface area contributed by atoms with E-state index < -0.39 is 0 Å². The van der Waals surface area contributed by atoms with Crippen LogP contribution in [0.2, 0.25) is 0 Å². The molecule has 1 fully saturated rings. The quantitative estimate of drug-likeness (QED) is 0.829. The number of anilines is 1. The van der Waals surface area contributed by atoms with Gasteiger partial charge in [-0.1, -0.05) is 0 Å². The summed E-state index contributed by atoms with van der Waals surface area (Å²) in [4.78, 5) is 13.0. The highest BCUT2D eigenvalue weighted by atomic mass is 79.9. The number of rotatable bonds is 2. The summed E-state index contributed by atoms with van der Waals surface area (Å²) in [6.45, 7) is 2.33. The van der Waals surface area contributed by atoms with Crippen LogP contribution >= 0.6 is 15.9 Å². The maximum absolute atomic E-state index is 4.33. The van der Waals surface area contributed by atoms with Crippen LogP contribution in [-0.2, 0) is 0 Å². The van der Waals surface area contributed by atoms with Crippen molar-refractivity contribution < 1.29 is 0 Å². The number of aromatic nitrogens is 2. The molecule has 1 aliphatic heterocycles. The lowest BCUT2D eigenvalue weighted by Gasteiger charge is -2.35. The number of hydrogen-bond acceptors (Lipinski definition) is 4. The Labute approximate surface area is 105 Å². The van der Waals surface area contributed by atoms with E-state index in [4.69, 9.17) is 0 Å². The SMILES string of the molecule is CN1CCC(N(C)c2ncncc2Br)CC1. The van der Waals surface area contributed by atoms with Crippen molar-refractivity contribution in [3.63, 3.8) is 0 Å². The van der Waals surface area contributed by atoms with Gasteiger partial charge in [0.25, 0.3) is 0 Å². The number of hydrogen-bond donors (Lipinski definition) is 0. The third-order valence-corrected chi connectivity index (χ3v) is 3.78. The first-order chi connectivity index (χ1) is 7.68. The van der Waals surface area contributed by atoms with Crippen LogP contribution in [0, 0.1) is 0 Å². The van der Waals surface area contributed by atoms with E-state index in [0.717, 1.165) is 23.4 Å². The molecule has 0 aromatic carbocycles. The molecule has 0 radical (unpaired) electrons. The molecular weight excluding hydrogens is 268 g/mol. The second kappa shape index (κ2) is 5.10. The molecule has 2 rings (SSSR count). The average molecular weight is 285 g/mol. The predicted octanol–water partition coefficient (Wildman–Crippen LogP) is 1.77. The lowest BCUT2D eigenvalue weighted by Crippen LogP contribution is -2.42. The van der Waals surface area contributed by atoms with Gasteiger partial charge in [0.15, 0.2) is 0 Å². The smallest absolute Gasteiger partial charge is 0.146 e. The molecule has 4 nitrogen and oxygen atoms in total. The van der Waals surface area contributed by atoms with Crippen LogP contribution in [0.1, 0.15) is 12.8 Å². The standard InChI is InChI=1S/C11H17BrN4/c1-15-5-3-9(4-6-15)16(2)11-10(12)7-13-8-14-11/h7-9H,3-6H2,1-2H3. The van der Waals surface area contributed by atoms with Gasteiger partial charge in [0.05, 0.1) is 4.47 Å². The summed E-state index contributed by atoms with van der Waals surface area (Å²) in [7, 11) is 4.29. The Morgan fingerprint density at radius 1 is 1.44 bits per heavy atom. The zero-order valence-corrected chi connectivity index (χ0v) is 11.3. The summed E-state index contributed by atoms with van der Waals surface area (Å²) in [5.41, 5.74) is 0. The molecule has 0 spiro atoms. The molecule has 5 heteroatoms. The fourth-order valence-electron chi connectivity index (χ4n) is 2.12. The first kappa shape index (κ1) is 11.8. The molecule has 0 unspecified atom stereocenters. The second-order valence-corrected chi connectivity index (χ2v) is 5.19. The molecule has 0 bridgehead atoms. The average Bonchev–Trinajstić information content (AvgIpc) is 2.30. The molecular formula is C11H17BrN4. The van der Waals surface area contributed by atoms with Crippen molar-refractivity contribution in [1.29, 1.82) is 0 Å². The molecule has 1 aromatic rings. The largest absolute Gasteiger partial charge is 0.356 e. The minimum absolute atomic E-state index is 0.586. The Morgan fingerprint density at radius 2 is 2.12 bits per heavy atom. The molecule has 2 heterocycles. The maximum atomic E-state index is 4.33.